The van der Waals surface area contributed by atoms with Gasteiger partial charge in [-0.3, -0.25) is 4.79 Å². The predicted molar refractivity (Wildman–Crippen MR) is 100 cm³/mol. The molecular formula is C20H23ClN2O2. The minimum atomic E-state index is 0. The molecule has 4 rings (SSSR count). The normalized spacial score (nSPS) is 19.4. The highest BCUT2D eigenvalue weighted by Gasteiger charge is 2.36. The van der Waals surface area contributed by atoms with Crippen LogP contribution in [0.1, 0.15) is 22.7 Å². The van der Waals surface area contributed by atoms with E-state index in [2.05, 4.69) is 34.5 Å². The molecule has 1 saturated heterocycles. The van der Waals surface area contributed by atoms with Gasteiger partial charge in [-0.05, 0) is 35.2 Å². The molecule has 1 fully saturated rings. The summed E-state index contributed by atoms with van der Waals surface area (Å²) in [5, 5.41) is 3.21. The molecule has 0 bridgehead atoms. The van der Waals surface area contributed by atoms with Crippen molar-refractivity contribution < 1.29 is 9.53 Å². The molecule has 1 N–H and O–H groups in total. The third kappa shape index (κ3) is 3.37. The van der Waals surface area contributed by atoms with E-state index in [4.69, 9.17) is 4.74 Å². The number of hydrogen-bond acceptors (Lipinski definition) is 3. The molecule has 0 aliphatic carbocycles. The van der Waals surface area contributed by atoms with Crippen LogP contribution in [0.3, 0.4) is 0 Å². The van der Waals surface area contributed by atoms with Gasteiger partial charge in [-0.15, -0.1) is 12.4 Å². The standard InChI is InChI=1S/C20H22N2O2.ClH/c1-24-18-8-7-15-10-19(14-5-3-2-4-6-14)22(13-16(15)9-18)20(23)17-11-21-12-17;/h2-9,17,19,21H,10-13H2,1H3;1H. The van der Waals surface area contributed by atoms with Crippen LogP contribution >= 0.6 is 12.4 Å². The van der Waals surface area contributed by atoms with E-state index in [1.165, 1.54) is 16.7 Å². The zero-order valence-corrected chi connectivity index (χ0v) is 15.1. The SMILES string of the molecule is COc1ccc2c(c1)CN(C(=O)C1CNC1)C(c1ccccc1)C2.Cl. The molecular weight excluding hydrogens is 336 g/mol. The van der Waals surface area contributed by atoms with E-state index in [-0.39, 0.29) is 30.3 Å². The van der Waals surface area contributed by atoms with Crippen LogP contribution in [-0.2, 0) is 17.8 Å². The number of halogens is 1. The lowest BCUT2D eigenvalue weighted by Crippen LogP contribution is -2.53. The van der Waals surface area contributed by atoms with Crippen molar-refractivity contribution in [3.63, 3.8) is 0 Å². The van der Waals surface area contributed by atoms with Gasteiger partial charge < -0.3 is 15.0 Å². The Kier molecular flexibility index (Phi) is 5.30. The lowest BCUT2D eigenvalue weighted by molar-refractivity contribution is -0.141. The predicted octanol–water partition coefficient (Wildman–Crippen LogP) is 2.96. The Morgan fingerprint density at radius 3 is 2.52 bits per heavy atom. The molecule has 5 heteroatoms. The van der Waals surface area contributed by atoms with E-state index in [1.54, 1.807) is 7.11 Å². The molecule has 4 nitrogen and oxygen atoms in total. The zero-order chi connectivity index (χ0) is 16.5. The van der Waals surface area contributed by atoms with Gasteiger partial charge in [0.15, 0.2) is 0 Å². The number of benzene rings is 2. The van der Waals surface area contributed by atoms with Gasteiger partial charge in [-0.1, -0.05) is 36.4 Å². The molecule has 2 aliphatic rings. The maximum Gasteiger partial charge on any atom is 0.229 e. The van der Waals surface area contributed by atoms with Gasteiger partial charge >= 0.3 is 0 Å². The second kappa shape index (κ2) is 7.46. The average molecular weight is 359 g/mol. The molecule has 2 aliphatic heterocycles. The van der Waals surface area contributed by atoms with Crippen molar-refractivity contribution in [2.75, 3.05) is 20.2 Å². The Morgan fingerprint density at radius 2 is 1.88 bits per heavy atom. The smallest absolute Gasteiger partial charge is 0.229 e. The minimum Gasteiger partial charge on any atom is -0.497 e. The van der Waals surface area contributed by atoms with Crippen LogP contribution in [0.25, 0.3) is 0 Å². The first-order valence-corrected chi connectivity index (χ1v) is 8.48. The maximum atomic E-state index is 13.0. The number of carbonyl (C=O) groups excluding carboxylic acids is 1. The van der Waals surface area contributed by atoms with E-state index in [0.29, 0.717) is 6.54 Å². The fraction of sp³-hybridized carbons (Fsp3) is 0.350. The number of methoxy groups -OCH3 is 1. The van der Waals surface area contributed by atoms with Crippen LogP contribution in [0.4, 0.5) is 0 Å². The van der Waals surface area contributed by atoms with Gasteiger partial charge in [0.05, 0.1) is 19.1 Å². The molecule has 0 saturated carbocycles. The lowest BCUT2D eigenvalue weighted by Gasteiger charge is -2.41. The Labute approximate surface area is 154 Å². The number of carbonyl (C=O) groups is 1. The van der Waals surface area contributed by atoms with Crippen LogP contribution < -0.4 is 10.1 Å². The summed E-state index contributed by atoms with van der Waals surface area (Å²) in [6.45, 7) is 2.24. The molecule has 0 aromatic heterocycles. The molecule has 1 unspecified atom stereocenters. The zero-order valence-electron chi connectivity index (χ0n) is 14.3. The summed E-state index contributed by atoms with van der Waals surface area (Å²) >= 11 is 0. The lowest BCUT2D eigenvalue weighted by atomic mass is 9.88. The molecule has 25 heavy (non-hydrogen) atoms. The maximum absolute atomic E-state index is 13.0. The average Bonchev–Trinajstić information content (AvgIpc) is 2.59. The van der Waals surface area contributed by atoms with Crippen molar-refractivity contribution in [2.24, 2.45) is 5.92 Å². The fourth-order valence-corrected chi connectivity index (χ4v) is 3.59. The van der Waals surface area contributed by atoms with Crippen LogP contribution in [0, 0.1) is 5.92 Å². The number of nitrogens with zero attached hydrogens (tertiary/aromatic N) is 1. The molecule has 0 spiro atoms. The summed E-state index contributed by atoms with van der Waals surface area (Å²) in [7, 11) is 1.68. The van der Waals surface area contributed by atoms with Crippen LogP contribution in [0.5, 0.6) is 5.75 Å². The van der Waals surface area contributed by atoms with Crippen molar-refractivity contribution in [2.45, 2.75) is 19.0 Å². The summed E-state index contributed by atoms with van der Waals surface area (Å²) in [6, 6.07) is 16.7. The van der Waals surface area contributed by atoms with E-state index in [1.807, 2.05) is 24.3 Å². The highest BCUT2D eigenvalue weighted by molar-refractivity contribution is 5.85. The summed E-state index contributed by atoms with van der Waals surface area (Å²) in [4.78, 5) is 15.0. The third-order valence-corrected chi connectivity index (χ3v) is 5.14. The van der Waals surface area contributed by atoms with Crippen LogP contribution in [0.15, 0.2) is 48.5 Å². The Hall–Kier alpha value is -2.04. The Balaban J connectivity index is 0.00000182. The van der Waals surface area contributed by atoms with Gasteiger partial charge in [0, 0.05) is 19.6 Å². The summed E-state index contributed by atoms with van der Waals surface area (Å²) in [5.74, 6) is 1.23. The molecule has 2 aromatic rings. The number of rotatable bonds is 3. The van der Waals surface area contributed by atoms with E-state index < -0.39 is 0 Å². The van der Waals surface area contributed by atoms with Crippen molar-refractivity contribution in [1.82, 2.24) is 10.2 Å². The topological polar surface area (TPSA) is 41.6 Å². The summed E-state index contributed by atoms with van der Waals surface area (Å²) < 4.78 is 5.35. The second-order valence-electron chi connectivity index (χ2n) is 6.59. The van der Waals surface area contributed by atoms with E-state index in [9.17, 15) is 4.79 Å². The number of fused-ring (bicyclic) bond motifs is 1. The van der Waals surface area contributed by atoms with Gasteiger partial charge in [-0.2, -0.15) is 0 Å². The second-order valence-corrected chi connectivity index (χ2v) is 6.59. The minimum absolute atomic E-state index is 0. The number of nitrogens with one attached hydrogen (secondary N) is 1. The molecule has 0 radical (unpaired) electrons. The highest BCUT2D eigenvalue weighted by Crippen LogP contribution is 2.36. The first-order chi connectivity index (χ1) is 11.8. The molecule has 2 heterocycles. The molecule has 2 aromatic carbocycles. The quantitative estimate of drug-likeness (QED) is 0.917. The number of amides is 1. The monoisotopic (exact) mass is 358 g/mol. The largest absolute Gasteiger partial charge is 0.497 e. The van der Waals surface area contributed by atoms with Crippen molar-refractivity contribution in [3.8, 4) is 5.75 Å². The third-order valence-electron chi connectivity index (χ3n) is 5.14. The van der Waals surface area contributed by atoms with Crippen molar-refractivity contribution >= 4 is 18.3 Å². The first-order valence-electron chi connectivity index (χ1n) is 8.48. The first kappa shape index (κ1) is 17.8. The van der Waals surface area contributed by atoms with Gasteiger partial charge in [0.2, 0.25) is 5.91 Å². The molecule has 132 valence electrons. The van der Waals surface area contributed by atoms with E-state index >= 15 is 0 Å². The summed E-state index contributed by atoms with van der Waals surface area (Å²) in [5.41, 5.74) is 3.71. The van der Waals surface area contributed by atoms with Crippen LogP contribution in [0.2, 0.25) is 0 Å². The fourth-order valence-electron chi connectivity index (χ4n) is 3.59. The summed E-state index contributed by atoms with van der Waals surface area (Å²) in [6.07, 6.45) is 0.856. The molecule has 1 atom stereocenters. The Morgan fingerprint density at radius 1 is 1.12 bits per heavy atom. The van der Waals surface area contributed by atoms with Crippen molar-refractivity contribution in [1.29, 1.82) is 0 Å². The number of hydrogen-bond donors (Lipinski definition) is 1. The van der Waals surface area contributed by atoms with Crippen molar-refractivity contribution in [3.05, 3.63) is 65.2 Å². The Bertz CT molecular complexity index is 747. The van der Waals surface area contributed by atoms with Gasteiger partial charge in [0.1, 0.15) is 5.75 Å². The van der Waals surface area contributed by atoms with E-state index in [0.717, 1.165) is 25.3 Å². The van der Waals surface area contributed by atoms with Gasteiger partial charge in [0.25, 0.3) is 0 Å². The number of ether oxygens (including phenoxy) is 1. The molecule has 1 amide bonds. The van der Waals surface area contributed by atoms with Gasteiger partial charge in [-0.25, -0.2) is 0 Å². The van der Waals surface area contributed by atoms with Crippen LogP contribution in [-0.4, -0.2) is 31.0 Å². The highest BCUT2D eigenvalue weighted by atomic mass is 35.5.